The van der Waals surface area contributed by atoms with Crippen LogP contribution < -0.4 is 4.72 Å². The van der Waals surface area contributed by atoms with Crippen LogP contribution in [-0.4, -0.2) is 68.1 Å². The first kappa shape index (κ1) is 26.2. The molecule has 2 rings (SSSR count). The molecule has 0 bridgehead atoms. The van der Waals surface area contributed by atoms with E-state index in [1.54, 1.807) is 0 Å². The van der Waals surface area contributed by atoms with E-state index in [0.29, 0.717) is 0 Å². The van der Waals surface area contributed by atoms with Gasteiger partial charge in [-0.2, -0.15) is 0 Å². The van der Waals surface area contributed by atoms with E-state index in [1.165, 1.54) is 7.11 Å². The Morgan fingerprint density at radius 2 is 1.45 bits per heavy atom. The van der Waals surface area contributed by atoms with Gasteiger partial charge in [0.25, 0.3) is 0 Å². The molecule has 1 heterocycles. The Balaban J connectivity index is 2.41. The predicted molar refractivity (Wildman–Crippen MR) is 118 cm³/mol. The summed E-state index contributed by atoms with van der Waals surface area (Å²) in [5.74, 6) is 0.215. The fraction of sp³-hybridized carbons (Fsp3) is 0.727. The highest BCUT2D eigenvalue weighted by molar-refractivity contribution is 7.89. The normalized spacial score (nSPS) is 27.5. The fourth-order valence-electron chi connectivity index (χ4n) is 3.74. The van der Waals surface area contributed by atoms with Crippen LogP contribution in [-0.2, 0) is 19.5 Å². The average Bonchev–Trinajstić information content (AvgIpc) is 2.70. The maximum atomic E-state index is 13.4. The lowest BCUT2D eigenvalue weighted by Gasteiger charge is -2.39. The zero-order valence-corrected chi connectivity index (χ0v) is 20.2. The molecule has 0 amide bonds. The molecule has 9 heteroatoms. The van der Waals surface area contributed by atoms with E-state index in [4.69, 9.17) is 9.47 Å². The van der Waals surface area contributed by atoms with Gasteiger partial charge < -0.3 is 24.8 Å². The van der Waals surface area contributed by atoms with Crippen LogP contribution in [0.25, 0.3) is 0 Å². The van der Waals surface area contributed by atoms with Crippen molar-refractivity contribution < 1.29 is 33.2 Å². The number of hydrogen-bond acceptors (Lipinski definition) is 7. The monoisotopic (exact) mass is 459 g/mol. The summed E-state index contributed by atoms with van der Waals surface area (Å²) in [5, 5.41) is 30.2. The third-order valence-electron chi connectivity index (χ3n) is 5.72. The molecule has 2 unspecified atom stereocenters. The van der Waals surface area contributed by atoms with Crippen molar-refractivity contribution in [3.8, 4) is 0 Å². The van der Waals surface area contributed by atoms with Crippen LogP contribution in [0.15, 0.2) is 17.0 Å². The Morgan fingerprint density at radius 3 is 1.87 bits per heavy atom. The molecule has 1 fully saturated rings. The van der Waals surface area contributed by atoms with Gasteiger partial charge >= 0.3 is 0 Å². The van der Waals surface area contributed by atoms with Gasteiger partial charge in [0, 0.05) is 13.7 Å². The molecule has 178 valence electrons. The minimum atomic E-state index is -3.96. The maximum Gasteiger partial charge on any atom is 0.241 e. The number of rotatable bonds is 8. The second-order valence-corrected chi connectivity index (χ2v) is 10.8. The van der Waals surface area contributed by atoms with Crippen molar-refractivity contribution in [2.75, 3.05) is 13.7 Å². The second kappa shape index (κ2) is 10.2. The molecule has 0 saturated carbocycles. The fourth-order valence-corrected chi connectivity index (χ4v) is 5.48. The Morgan fingerprint density at radius 1 is 0.935 bits per heavy atom. The standard InChI is InChI=1S/C22H37NO7S/c1-11(2)14-8-15(12(3)4)21(16(9-14)13(5)6)31(27,28)23-10-17-18(24)19(25)20(26)22(29-7)30-17/h8-9,11-13,17-20,22-26H,10H2,1-7H3/t17?,18-,19+,20-,22?/m0/s1. The minimum Gasteiger partial charge on any atom is -0.388 e. The summed E-state index contributed by atoms with van der Waals surface area (Å²) in [6.07, 6.45) is -6.68. The van der Waals surface area contributed by atoms with Gasteiger partial charge in [-0.15, -0.1) is 0 Å². The largest absolute Gasteiger partial charge is 0.388 e. The first-order valence-electron chi connectivity index (χ1n) is 10.7. The maximum absolute atomic E-state index is 13.4. The summed E-state index contributed by atoms with van der Waals surface area (Å²) in [6, 6.07) is 3.89. The summed E-state index contributed by atoms with van der Waals surface area (Å²) in [7, 11) is -2.67. The first-order chi connectivity index (χ1) is 14.3. The highest BCUT2D eigenvalue weighted by Crippen LogP contribution is 2.35. The molecule has 1 aromatic rings. The van der Waals surface area contributed by atoms with Crippen molar-refractivity contribution >= 4 is 10.0 Å². The van der Waals surface area contributed by atoms with Crippen LogP contribution in [0.3, 0.4) is 0 Å². The molecular formula is C22H37NO7S. The summed E-state index contributed by atoms with van der Waals surface area (Å²) >= 11 is 0. The number of methoxy groups -OCH3 is 1. The number of ether oxygens (including phenoxy) is 2. The van der Waals surface area contributed by atoms with Gasteiger partial charge in [-0.05, 0) is 34.4 Å². The molecule has 8 nitrogen and oxygen atoms in total. The van der Waals surface area contributed by atoms with Crippen LogP contribution in [0, 0.1) is 0 Å². The molecule has 1 aromatic carbocycles. The minimum absolute atomic E-state index is 0.0193. The Hall–Kier alpha value is -1.07. The second-order valence-electron chi connectivity index (χ2n) is 9.09. The van der Waals surface area contributed by atoms with Gasteiger partial charge in [-0.1, -0.05) is 53.7 Å². The van der Waals surface area contributed by atoms with Gasteiger partial charge in [0.05, 0.1) is 4.90 Å². The Bertz CT molecular complexity index is 822. The lowest BCUT2D eigenvalue weighted by molar-refractivity contribution is -0.287. The van der Waals surface area contributed by atoms with Crippen molar-refractivity contribution in [3.63, 3.8) is 0 Å². The predicted octanol–water partition coefficient (Wildman–Crippen LogP) is 1.79. The molecule has 31 heavy (non-hydrogen) atoms. The Labute approximate surface area is 185 Å². The highest BCUT2D eigenvalue weighted by Gasteiger charge is 2.44. The van der Waals surface area contributed by atoms with Gasteiger partial charge in [0.15, 0.2) is 6.29 Å². The van der Waals surface area contributed by atoms with Gasteiger partial charge in [0.2, 0.25) is 10.0 Å². The first-order valence-corrected chi connectivity index (χ1v) is 12.2. The van der Waals surface area contributed by atoms with Gasteiger partial charge in [-0.3, -0.25) is 0 Å². The highest BCUT2D eigenvalue weighted by atomic mass is 32.2. The van der Waals surface area contributed by atoms with Crippen molar-refractivity contribution in [1.82, 2.24) is 4.72 Å². The van der Waals surface area contributed by atoms with E-state index in [1.807, 2.05) is 39.8 Å². The van der Waals surface area contributed by atoms with Crippen molar-refractivity contribution in [3.05, 3.63) is 28.8 Å². The van der Waals surface area contributed by atoms with Crippen LogP contribution in [0.4, 0.5) is 0 Å². The summed E-state index contributed by atoms with van der Waals surface area (Å²) in [4.78, 5) is 0.246. The lowest BCUT2D eigenvalue weighted by atomic mass is 9.89. The molecule has 1 saturated heterocycles. The van der Waals surface area contributed by atoms with E-state index in [9.17, 15) is 23.7 Å². The van der Waals surface area contributed by atoms with E-state index in [-0.39, 0.29) is 29.2 Å². The van der Waals surface area contributed by atoms with E-state index < -0.39 is 40.7 Å². The Kier molecular flexibility index (Phi) is 8.66. The number of nitrogens with one attached hydrogen (secondary N) is 1. The number of benzene rings is 1. The smallest absolute Gasteiger partial charge is 0.241 e. The third-order valence-corrected chi connectivity index (χ3v) is 7.28. The van der Waals surface area contributed by atoms with Gasteiger partial charge in [-0.25, -0.2) is 13.1 Å². The molecular weight excluding hydrogens is 422 g/mol. The lowest BCUT2D eigenvalue weighted by Crippen LogP contribution is -2.60. The van der Waals surface area contributed by atoms with Crippen molar-refractivity contribution in [2.45, 2.75) is 94.9 Å². The topological polar surface area (TPSA) is 125 Å². The average molecular weight is 460 g/mol. The third kappa shape index (κ3) is 5.65. The number of aliphatic hydroxyl groups excluding tert-OH is 3. The summed E-state index contributed by atoms with van der Waals surface area (Å²) in [5.41, 5.74) is 2.55. The van der Waals surface area contributed by atoms with Crippen LogP contribution in [0.1, 0.15) is 76.0 Å². The molecule has 0 aromatic heterocycles. The molecule has 1 aliphatic rings. The van der Waals surface area contributed by atoms with E-state index in [0.717, 1.165) is 16.7 Å². The zero-order valence-electron chi connectivity index (χ0n) is 19.4. The van der Waals surface area contributed by atoms with Crippen LogP contribution in [0.2, 0.25) is 0 Å². The molecule has 0 aliphatic carbocycles. The molecule has 1 aliphatic heterocycles. The van der Waals surface area contributed by atoms with Crippen molar-refractivity contribution in [2.24, 2.45) is 0 Å². The SMILES string of the molecule is COC1OC(CNS(=O)(=O)c2c(C(C)C)cc(C(C)C)cc2C(C)C)[C@H](O)[C@@H](O)[C@@H]1O. The van der Waals surface area contributed by atoms with E-state index in [2.05, 4.69) is 18.6 Å². The molecule has 5 atom stereocenters. The number of hydrogen-bond donors (Lipinski definition) is 4. The summed E-state index contributed by atoms with van der Waals surface area (Å²) in [6.45, 7) is 11.7. The van der Waals surface area contributed by atoms with Crippen LogP contribution >= 0.6 is 0 Å². The summed E-state index contributed by atoms with van der Waals surface area (Å²) < 4.78 is 39.8. The molecule has 4 N–H and O–H groups in total. The quantitative estimate of drug-likeness (QED) is 0.467. The van der Waals surface area contributed by atoms with E-state index >= 15 is 0 Å². The van der Waals surface area contributed by atoms with Crippen molar-refractivity contribution in [1.29, 1.82) is 0 Å². The number of aliphatic hydroxyl groups is 3. The van der Waals surface area contributed by atoms with Crippen LogP contribution in [0.5, 0.6) is 0 Å². The molecule has 0 spiro atoms. The zero-order chi connectivity index (χ0) is 23.7. The molecule has 0 radical (unpaired) electrons. The number of sulfonamides is 1. The van der Waals surface area contributed by atoms with Gasteiger partial charge in [0.1, 0.15) is 24.4 Å².